The molecule has 7 heteroatoms. The molecule has 0 bridgehead atoms. The van der Waals surface area contributed by atoms with Gasteiger partial charge in [0.1, 0.15) is 5.75 Å². The second-order valence-electron chi connectivity index (χ2n) is 7.04. The van der Waals surface area contributed by atoms with Crippen molar-refractivity contribution in [3.05, 3.63) is 78.4 Å². The number of hydrogen-bond donors (Lipinski definition) is 1. The lowest BCUT2D eigenvalue weighted by Gasteiger charge is -2.16. The van der Waals surface area contributed by atoms with E-state index in [0.29, 0.717) is 18.3 Å². The summed E-state index contributed by atoms with van der Waals surface area (Å²) in [5, 5.41) is 3.00. The highest BCUT2D eigenvalue weighted by molar-refractivity contribution is 5.79. The van der Waals surface area contributed by atoms with Crippen molar-refractivity contribution in [3.63, 3.8) is 0 Å². The highest BCUT2D eigenvalue weighted by Crippen LogP contribution is 2.22. The molecule has 148 valence electrons. The molecular weight excluding hydrogens is 366 g/mol. The van der Waals surface area contributed by atoms with Crippen LogP contribution in [0.5, 0.6) is 11.8 Å². The molecule has 1 fully saturated rings. The molecule has 3 heterocycles. The summed E-state index contributed by atoms with van der Waals surface area (Å²) in [5.74, 6) is 0.810. The minimum Gasteiger partial charge on any atom is -0.424 e. The third-order valence-electron chi connectivity index (χ3n) is 4.87. The lowest BCUT2D eigenvalue weighted by atomic mass is 10.1. The number of benzene rings is 1. The number of carbonyl (C=O) groups excluding carboxylic acids is 1. The van der Waals surface area contributed by atoms with E-state index in [1.807, 2.05) is 36.4 Å². The van der Waals surface area contributed by atoms with Crippen molar-refractivity contribution in [2.45, 2.75) is 19.5 Å². The van der Waals surface area contributed by atoms with Crippen LogP contribution >= 0.6 is 0 Å². The maximum atomic E-state index is 12.5. The van der Waals surface area contributed by atoms with Crippen molar-refractivity contribution in [3.8, 4) is 11.8 Å². The molecule has 1 aliphatic rings. The molecule has 7 nitrogen and oxygen atoms in total. The summed E-state index contributed by atoms with van der Waals surface area (Å²) in [5.41, 5.74) is 2.00. The highest BCUT2D eigenvalue weighted by Gasteiger charge is 2.28. The Kier molecular flexibility index (Phi) is 6.07. The maximum absolute atomic E-state index is 12.5. The number of nitrogens with one attached hydrogen (secondary N) is 1. The average Bonchev–Trinajstić information content (AvgIpc) is 3.22. The summed E-state index contributed by atoms with van der Waals surface area (Å²) in [6.45, 7) is 2.89. The van der Waals surface area contributed by atoms with Crippen molar-refractivity contribution in [1.82, 2.24) is 25.2 Å². The van der Waals surface area contributed by atoms with Gasteiger partial charge in [0.15, 0.2) is 0 Å². The zero-order chi connectivity index (χ0) is 19.9. The molecule has 0 saturated carbocycles. The number of likely N-dealkylation sites (tertiary alicyclic amines) is 1. The minimum atomic E-state index is 0.0101. The largest absolute Gasteiger partial charge is 0.424 e. The molecule has 1 saturated heterocycles. The second kappa shape index (κ2) is 9.25. The normalized spacial score (nSPS) is 16.5. The summed E-state index contributed by atoms with van der Waals surface area (Å²) in [4.78, 5) is 27.2. The van der Waals surface area contributed by atoms with E-state index in [1.54, 1.807) is 24.7 Å². The number of pyridine rings is 1. The van der Waals surface area contributed by atoms with Gasteiger partial charge in [0.05, 0.1) is 18.2 Å². The monoisotopic (exact) mass is 389 g/mol. The van der Waals surface area contributed by atoms with Gasteiger partial charge in [-0.2, -0.15) is 0 Å². The van der Waals surface area contributed by atoms with Gasteiger partial charge in [-0.25, -0.2) is 9.97 Å². The van der Waals surface area contributed by atoms with E-state index >= 15 is 0 Å². The van der Waals surface area contributed by atoms with E-state index in [2.05, 4.69) is 31.2 Å². The van der Waals surface area contributed by atoms with Gasteiger partial charge in [0, 0.05) is 31.7 Å². The highest BCUT2D eigenvalue weighted by atomic mass is 16.5. The van der Waals surface area contributed by atoms with Gasteiger partial charge in [0.25, 0.3) is 0 Å². The number of ether oxygens (including phenoxy) is 1. The molecule has 0 aliphatic carbocycles. The Bertz CT molecular complexity index is 936. The van der Waals surface area contributed by atoms with Gasteiger partial charge in [-0.15, -0.1) is 0 Å². The Morgan fingerprint density at radius 3 is 2.76 bits per heavy atom. The van der Waals surface area contributed by atoms with E-state index in [-0.39, 0.29) is 11.8 Å². The molecule has 1 atom stereocenters. The Morgan fingerprint density at radius 1 is 1.07 bits per heavy atom. The van der Waals surface area contributed by atoms with Crippen molar-refractivity contribution in [2.75, 3.05) is 13.1 Å². The lowest BCUT2D eigenvalue weighted by Crippen LogP contribution is -2.32. The van der Waals surface area contributed by atoms with Crippen LogP contribution < -0.4 is 10.1 Å². The first-order valence-electron chi connectivity index (χ1n) is 9.70. The van der Waals surface area contributed by atoms with Gasteiger partial charge in [-0.05, 0) is 48.9 Å². The molecule has 29 heavy (non-hydrogen) atoms. The molecule has 2 aromatic heterocycles. The van der Waals surface area contributed by atoms with Gasteiger partial charge in [-0.3, -0.25) is 14.7 Å². The van der Waals surface area contributed by atoms with Crippen LogP contribution in [0.2, 0.25) is 0 Å². The molecule has 0 radical (unpaired) electrons. The number of amides is 1. The zero-order valence-electron chi connectivity index (χ0n) is 16.1. The number of nitrogens with zero attached hydrogens (tertiary/aromatic N) is 4. The third-order valence-corrected chi connectivity index (χ3v) is 4.87. The van der Waals surface area contributed by atoms with E-state index < -0.39 is 0 Å². The fourth-order valence-corrected chi connectivity index (χ4v) is 3.42. The van der Waals surface area contributed by atoms with Crippen LogP contribution in [-0.4, -0.2) is 38.8 Å². The quantitative estimate of drug-likeness (QED) is 0.669. The number of carbonyl (C=O) groups is 1. The number of aromatic nitrogens is 3. The number of rotatable bonds is 7. The van der Waals surface area contributed by atoms with Crippen LogP contribution in [0.15, 0.2) is 67.1 Å². The fourth-order valence-electron chi connectivity index (χ4n) is 3.42. The molecular formula is C22H23N5O2. The zero-order valence-corrected chi connectivity index (χ0v) is 16.1. The van der Waals surface area contributed by atoms with Gasteiger partial charge in [-0.1, -0.05) is 18.2 Å². The first-order chi connectivity index (χ1) is 14.3. The molecule has 1 N–H and O–H groups in total. The smallest absolute Gasteiger partial charge is 0.321 e. The molecule has 1 unspecified atom stereocenters. The van der Waals surface area contributed by atoms with Crippen LogP contribution in [0.3, 0.4) is 0 Å². The Balaban J connectivity index is 1.28. The summed E-state index contributed by atoms with van der Waals surface area (Å²) in [6.07, 6.45) is 5.90. The SMILES string of the molecule is O=C(NCc1ccccn1)C1CCN(Cc2cccc(Oc3ncccn3)c2)C1. The van der Waals surface area contributed by atoms with Crippen LogP contribution in [0.1, 0.15) is 17.7 Å². The Hall–Kier alpha value is -3.32. The molecule has 1 aromatic carbocycles. The average molecular weight is 389 g/mol. The topological polar surface area (TPSA) is 80.2 Å². The van der Waals surface area contributed by atoms with Crippen LogP contribution in [0, 0.1) is 5.92 Å². The summed E-state index contributed by atoms with van der Waals surface area (Å²) >= 11 is 0. The predicted octanol–water partition coefficient (Wildman–Crippen LogP) is 2.80. The molecule has 0 spiro atoms. The molecule has 1 aliphatic heterocycles. The van der Waals surface area contributed by atoms with E-state index in [9.17, 15) is 4.79 Å². The summed E-state index contributed by atoms with van der Waals surface area (Å²) in [7, 11) is 0. The van der Waals surface area contributed by atoms with Crippen molar-refractivity contribution < 1.29 is 9.53 Å². The third kappa shape index (κ3) is 5.36. The van der Waals surface area contributed by atoms with Gasteiger partial charge < -0.3 is 10.1 Å². The van der Waals surface area contributed by atoms with E-state index in [1.165, 1.54) is 0 Å². The first-order valence-corrected chi connectivity index (χ1v) is 9.70. The fraction of sp³-hybridized carbons (Fsp3) is 0.273. The number of hydrogen-bond acceptors (Lipinski definition) is 6. The summed E-state index contributed by atoms with van der Waals surface area (Å²) < 4.78 is 5.71. The summed E-state index contributed by atoms with van der Waals surface area (Å²) in [6, 6.07) is 15.7. The van der Waals surface area contributed by atoms with Crippen LogP contribution in [0.25, 0.3) is 0 Å². The lowest BCUT2D eigenvalue weighted by molar-refractivity contribution is -0.124. The minimum absolute atomic E-state index is 0.0101. The van der Waals surface area contributed by atoms with Crippen LogP contribution in [0.4, 0.5) is 0 Å². The van der Waals surface area contributed by atoms with Crippen molar-refractivity contribution in [1.29, 1.82) is 0 Å². The van der Waals surface area contributed by atoms with Crippen molar-refractivity contribution in [2.24, 2.45) is 5.92 Å². The maximum Gasteiger partial charge on any atom is 0.321 e. The Morgan fingerprint density at radius 2 is 1.93 bits per heavy atom. The van der Waals surface area contributed by atoms with E-state index in [4.69, 9.17) is 4.74 Å². The van der Waals surface area contributed by atoms with Gasteiger partial charge in [0.2, 0.25) is 5.91 Å². The van der Waals surface area contributed by atoms with Crippen molar-refractivity contribution >= 4 is 5.91 Å². The Labute approximate surface area is 169 Å². The molecule has 1 amide bonds. The van der Waals surface area contributed by atoms with Crippen LogP contribution in [-0.2, 0) is 17.9 Å². The predicted molar refractivity (Wildman–Crippen MR) is 108 cm³/mol. The second-order valence-corrected chi connectivity index (χ2v) is 7.04. The molecule has 4 rings (SSSR count). The van der Waals surface area contributed by atoms with Gasteiger partial charge >= 0.3 is 6.01 Å². The first kappa shape index (κ1) is 19.0. The molecule has 3 aromatic rings. The standard InChI is InChI=1S/C22H23N5O2/c28-21(26-14-19-6-1-2-9-23-19)18-8-12-27(16-18)15-17-5-3-7-20(13-17)29-22-24-10-4-11-25-22/h1-7,9-11,13,18H,8,12,14-16H2,(H,26,28). The van der Waals surface area contributed by atoms with E-state index in [0.717, 1.165) is 37.3 Å².